The molecule has 2 amide bonds. The lowest BCUT2D eigenvalue weighted by atomic mass is 10.0. The molecule has 2 rings (SSSR count). The third kappa shape index (κ3) is 2.97. The van der Waals surface area contributed by atoms with Crippen molar-refractivity contribution in [3.8, 4) is 0 Å². The van der Waals surface area contributed by atoms with Crippen LogP contribution in [-0.2, 0) is 15.8 Å². The number of hydrogen-bond acceptors (Lipinski definition) is 2. The highest BCUT2D eigenvalue weighted by Gasteiger charge is 2.41. The molecule has 1 aliphatic heterocycles. The monoisotopic (exact) mass is 320 g/mol. The SMILES string of the molecule is CCC1C(=O)NCC(=O)N1c1ccc(Cl)cc1C(F)(F)F. The molecule has 1 N–H and O–H groups in total. The molecule has 8 heteroatoms. The topological polar surface area (TPSA) is 49.4 Å². The number of amides is 2. The standard InChI is InChI=1S/C13H12ClF3N2O2/c1-2-9-12(21)18-6-11(20)19(9)10-4-3-7(14)5-8(10)13(15,16)17/h3-5,9H,2,6H2,1H3,(H,18,21). The number of carbonyl (C=O) groups excluding carboxylic acids is 2. The number of rotatable bonds is 2. The number of nitrogens with zero attached hydrogens (tertiary/aromatic N) is 1. The Kier molecular flexibility index (Phi) is 4.13. The number of halogens is 4. The van der Waals surface area contributed by atoms with Crippen LogP contribution in [0.5, 0.6) is 0 Å². The summed E-state index contributed by atoms with van der Waals surface area (Å²) in [6.45, 7) is 1.30. The summed E-state index contributed by atoms with van der Waals surface area (Å²) in [7, 11) is 0. The molecule has 1 fully saturated rings. The van der Waals surface area contributed by atoms with Crippen molar-refractivity contribution >= 4 is 29.1 Å². The van der Waals surface area contributed by atoms with Gasteiger partial charge < -0.3 is 5.32 Å². The van der Waals surface area contributed by atoms with E-state index in [9.17, 15) is 22.8 Å². The molecule has 1 aromatic rings. The van der Waals surface area contributed by atoms with Crippen molar-refractivity contribution in [3.05, 3.63) is 28.8 Å². The van der Waals surface area contributed by atoms with Crippen LogP contribution in [0.15, 0.2) is 18.2 Å². The zero-order chi connectivity index (χ0) is 15.8. The van der Waals surface area contributed by atoms with E-state index in [2.05, 4.69) is 5.32 Å². The van der Waals surface area contributed by atoms with Crippen molar-refractivity contribution in [1.82, 2.24) is 5.32 Å². The van der Waals surface area contributed by atoms with Crippen LogP contribution in [0.3, 0.4) is 0 Å². The molecule has 1 aromatic carbocycles. The van der Waals surface area contributed by atoms with E-state index < -0.39 is 29.6 Å². The van der Waals surface area contributed by atoms with Gasteiger partial charge in [0, 0.05) is 5.02 Å². The van der Waals surface area contributed by atoms with Gasteiger partial charge in [0.2, 0.25) is 11.8 Å². The summed E-state index contributed by atoms with van der Waals surface area (Å²) in [4.78, 5) is 24.7. The van der Waals surface area contributed by atoms with Crippen molar-refractivity contribution in [2.45, 2.75) is 25.6 Å². The maximum atomic E-state index is 13.1. The van der Waals surface area contributed by atoms with E-state index in [1.54, 1.807) is 6.92 Å². The first-order valence-electron chi connectivity index (χ1n) is 6.22. The molecule has 1 unspecified atom stereocenters. The lowest BCUT2D eigenvalue weighted by molar-refractivity contribution is -0.138. The quantitative estimate of drug-likeness (QED) is 0.910. The molecule has 0 bridgehead atoms. The van der Waals surface area contributed by atoms with Gasteiger partial charge in [0.15, 0.2) is 0 Å². The Bertz CT molecular complexity index is 589. The third-order valence-electron chi connectivity index (χ3n) is 3.21. The van der Waals surface area contributed by atoms with Gasteiger partial charge in [-0.1, -0.05) is 18.5 Å². The van der Waals surface area contributed by atoms with Gasteiger partial charge in [-0.25, -0.2) is 0 Å². The summed E-state index contributed by atoms with van der Waals surface area (Å²) in [6.07, 6.45) is -4.47. The number of hydrogen-bond donors (Lipinski definition) is 1. The van der Waals surface area contributed by atoms with Crippen LogP contribution >= 0.6 is 11.6 Å². The van der Waals surface area contributed by atoms with Crippen molar-refractivity contribution in [2.24, 2.45) is 0 Å². The highest BCUT2D eigenvalue weighted by atomic mass is 35.5. The predicted molar refractivity (Wildman–Crippen MR) is 71.0 cm³/mol. The molecule has 114 valence electrons. The molecule has 0 aromatic heterocycles. The number of carbonyl (C=O) groups is 2. The van der Waals surface area contributed by atoms with Gasteiger partial charge >= 0.3 is 6.18 Å². The second-order valence-corrected chi connectivity index (χ2v) is 5.00. The van der Waals surface area contributed by atoms with Gasteiger partial charge in [-0.3, -0.25) is 14.5 Å². The Morgan fingerprint density at radius 1 is 1.38 bits per heavy atom. The number of piperazine rings is 1. The number of alkyl halides is 3. The first-order chi connectivity index (χ1) is 9.75. The molecule has 1 heterocycles. The molecule has 0 radical (unpaired) electrons. The van der Waals surface area contributed by atoms with Gasteiger partial charge in [0.1, 0.15) is 6.04 Å². The first-order valence-corrected chi connectivity index (χ1v) is 6.60. The minimum absolute atomic E-state index is 0.0898. The molecule has 1 saturated heterocycles. The van der Waals surface area contributed by atoms with Crippen molar-refractivity contribution in [1.29, 1.82) is 0 Å². The van der Waals surface area contributed by atoms with Crippen LogP contribution in [0, 0.1) is 0 Å². The Labute approximate surface area is 123 Å². The van der Waals surface area contributed by atoms with E-state index in [0.29, 0.717) is 0 Å². The summed E-state index contributed by atoms with van der Waals surface area (Å²) < 4.78 is 39.4. The lowest BCUT2D eigenvalue weighted by Gasteiger charge is -2.35. The van der Waals surface area contributed by atoms with Gasteiger partial charge in [0.05, 0.1) is 17.8 Å². The second-order valence-electron chi connectivity index (χ2n) is 4.56. The minimum atomic E-state index is -4.67. The van der Waals surface area contributed by atoms with Gasteiger partial charge in [-0.15, -0.1) is 0 Å². The highest BCUT2D eigenvalue weighted by Crippen LogP contribution is 2.39. The van der Waals surface area contributed by atoms with Crippen LogP contribution in [-0.4, -0.2) is 24.4 Å². The van der Waals surface area contributed by atoms with Crippen molar-refractivity contribution < 1.29 is 22.8 Å². The lowest BCUT2D eigenvalue weighted by Crippen LogP contribution is -2.58. The molecule has 0 saturated carbocycles. The smallest absolute Gasteiger partial charge is 0.345 e. The average molecular weight is 321 g/mol. The fourth-order valence-corrected chi connectivity index (χ4v) is 2.44. The summed E-state index contributed by atoms with van der Waals surface area (Å²) >= 11 is 5.61. The molecular formula is C13H12ClF3N2O2. The van der Waals surface area contributed by atoms with Crippen LogP contribution < -0.4 is 10.2 Å². The highest BCUT2D eigenvalue weighted by molar-refractivity contribution is 6.30. The Balaban J connectivity index is 2.58. The molecule has 0 aliphatic carbocycles. The van der Waals surface area contributed by atoms with Crippen LogP contribution in [0.2, 0.25) is 5.02 Å². The van der Waals surface area contributed by atoms with E-state index in [4.69, 9.17) is 11.6 Å². The van der Waals surface area contributed by atoms with Gasteiger partial charge in [-0.2, -0.15) is 13.2 Å². The van der Waals surface area contributed by atoms with Gasteiger partial charge in [0.25, 0.3) is 0 Å². The molecule has 4 nitrogen and oxygen atoms in total. The first kappa shape index (κ1) is 15.6. The van der Waals surface area contributed by atoms with Crippen LogP contribution in [0.4, 0.5) is 18.9 Å². The average Bonchev–Trinajstić information content (AvgIpc) is 2.40. The molecule has 21 heavy (non-hydrogen) atoms. The van der Waals surface area contributed by atoms with E-state index in [1.165, 1.54) is 6.07 Å². The number of nitrogens with one attached hydrogen (secondary N) is 1. The van der Waals surface area contributed by atoms with E-state index in [-0.39, 0.29) is 23.7 Å². The Morgan fingerprint density at radius 3 is 2.62 bits per heavy atom. The Morgan fingerprint density at radius 2 is 2.05 bits per heavy atom. The van der Waals surface area contributed by atoms with Crippen LogP contribution in [0.1, 0.15) is 18.9 Å². The zero-order valence-electron chi connectivity index (χ0n) is 11.0. The van der Waals surface area contributed by atoms with Gasteiger partial charge in [-0.05, 0) is 24.6 Å². The largest absolute Gasteiger partial charge is 0.418 e. The maximum Gasteiger partial charge on any atom is 0.418 e. The zero-order valence-corrected chi connectivity index (χ0v) is 11.8. The fourth-order valence-electron chi connectivity index (χ4n) is 2.27. The summed E-state index contributed by atoms with van der Waals surface area (Å²) in [5, 5.41) is 2.27. The molecular weight excluding hydrogens is 309 g/mol. The van der Waals surface area contributed by atoms with E-state index in [0.717, 1.165) is 17.0 Å². The normalized spacial score (nSPS) is 19.7. The summed E-state index contributed by atoms with van der Waals surface area (Å²) in [5.41, 5.74) is -1.38. The molecule has 1 aliphatic rings. The minimum Gasteiger partial charge on any atom is -0.345 e. The van der Waals surface area contributed by atoms with Crippen molar-refractivity contribution in [2.75, 3.05) is 11.4 Å². The molecule has 0 spiro atoms. The van der Waals surface area contributed by atoms with Crippen molar-refractivity contribution in [3.63, 3.8) is 0 Å². The van der Waals surface area contributed by atoms with Crippen LogP contribution in [0.25, 0.3) is 0 Å². The molecule has 1 atom stereocenters. The summed E-state index contributed by atoms with van der Waals surface area (Å²) in [5.74, 6) is -1.06. The second kappa shape index (κ2) is 5.55. The third-order valence-corrected chi connectivity index (χ3v) is 3.44. The summed E-state index contributed by atoms with van der Waals surface area (Å²) in [6, 6.07) is 2.17. The number of benzene rings is 1. The van der Waals surface area contributed by atoms with E-state index in [1.807, 2.05) is 0 Å². The fraction of sp³-hybridized carbons (Fsp3) is 0.385. The number of anilines is 1. The van der Waals surface area contributed by atoms with E-state index >= 15 is 0 Å². The Hall–Kier alpha value is -1.76. The predicted octanol–water partition coefficient (Wildman–Crippen LogP) is 2.60. The maximum absolute atomic E-state index is 13.1.